The van der Waals surface area contributed by atoms with E-state index in [1.165, 1.54) is 14.2 Å². The molecule has 0 bridgehead atoms. The first-order valence-corrected chi connectivity index (χ1v) is 9.81. The minimum Gasteiger partial charge on any atom is -0.465 e. The van der Waals surface area contributed by atoms with Crippen molar-refractivity contribution in [3.63, 3.8) is 0 Å². The largest absolute Gasteiger partial charge is 0.465 e. The number of para-hydroxylation sites is 1. The van der Waals surface area contributed by atoms with Crippen molar-refractivity contribution in [3.8, 4) is 0 Å². The lowest BCUT2D eigenvalue weighted by Crippen LogP contribution is -2.31. The number of carbonyl (C=O) groups excluding carboxylic acids is 2. The molecule has 2 aromatic carbocycles. The Kier molecular flexibility index (Phi) is 7.03. The van der Waals surface area contributed by atoms with Crippen molar-refractivity contribution in [2.75, 3.05) is 31.4 Å². The van der Waals surface area contributed by atoms with Gasteiger partial charge in [-0.1, -0.05) is 12.1 Å². The van der Waals surface area contributed by atoms with E-state index in [0.29, 0.717) is 34.8 Å². The van der Waals surface area contributed by atoms with Gasteiger partial charge in [-0.15, -0.1) is 0 Å². The van der Waals surface area contributed by atoms with Crippen LogP contribution in [0.25, 0.3) is 0 Å². The summed E-state index contributed by atoms with van der Waals surface area (Å²) in [5.74, 6) is -0.913. The molecular formula is C22H26N4O4. The molecule has 1 aliphatic rings. The van der Waals surface area contributed by atoms with E-state index < -0.39 is 11.9 Å². The quantitative estimate of drug-likeness (QED) is 0.412. The van der Waals surface area contributed by atoms with Crippen molar-refractivity contribution in [1.29, 1.82) is 5.41 Å². The standard InChI is InChI=1S/C22H26N4O4/c1-24-21(27)20(23)15-11-10-14(13-18(15)26-19-9-5-6-12-30-19)25-17-8-4-3-7-16(17)22(28)29-2/h3-4,7-8,10-11,13,19,23,25-26H,5-6,9,12H2,1-2H3,(H,24,27). The van der Waals surface area contributed by atoms with Crippen LogP contribution in [0.5, 0.6) is 0 Å². The maximum atomic E-state index is 12.0. The molecule has 1 amide bonds. The summed E-state index contributed by atoms with van der Waals surface area (Å²) >= 11 is 0. The number of carbonyl (C=O) groups is 2. The maximum Gasteiger partial charge on any atom is 0.339 e. The Morgan fingerprint density at radius 3 is 2.60 bits per heavy atom. The van der Waals surface area contributed by atoms with Crippen LogP contribution in [0.15, 0.2) is 42.5 Å². The Balaban J connectivity index is 1.93. The molecule has 1 saturated heterocycles. The number of anilines is 3. The molecule has 1 atom stereocenters. The third-order valence-electron chi connectivity index (χ3n) is 4.85. The van der Waals surface area contributed by atoms with Gasteiger partial charge in [0.25, 0.3) is 5.91 Å². The van der Waals surface area contributed by atoms with E-state index in [-0.39, 0.29) is 11.9 Å². The van der Waals surface area contributed by atoms with Gasteiger partial charge in [0.1, 0.15) is 11.9 Å². The fraction of sp³-hybridized carbons (Fsp3) is 0.318. The van der Waals surface area contributed by atoms with Gasteiger partial charge in [0.05, 0.1) is 18.4 Å². The molecule has 0 radical (unpaired) electrons. The fourth-order valence-electron chi connectivity index (χ4n) is 3.27. The first kappa shape index (κ1) is 21.3. The fourth-order valence-corrected chi connectivity index (χ4v) is 3.27. The van der Waals surface area contributed by atoms with Gasteiger partial charge in [0.2, 0.25) is 0 Å². The Bertz CT molecular complexity index is 938. The Labute approximate surface area is 175 Å². The number of amides is 1. The van der Waals surface area contributed by atoms with E-state index in [1.807, 2.05) is 6.07 Å². The van der Waals surface area contributed by atoms with Gasteiger partial charge in [-0.2, -0.15) is 0 Å². The van der Waals surface area contributed by atoms with Crippen molar-refractivity contribution in [3.05, 3.63) is 53.6 Å². The van der Waals surface area contributed by atoms with Gasteiger partial charge in [-0.05, 0) is 49.6 Å². The average molecular weight is 410 g/mol. The first-order chi connectivity index (χ1) is 14.5. The zero-order chi connectivity index (χ0) is 21.5. The molecule has 1 heterocycles. The zero-order valence-corrected chi connectivity index (χ0v) is 17.1. The summed E-state index contributed by atoms with van der Waals surface area (Å²) in [4.78, 5) is 24.1. The topological polar surface area (TPSA) is 113 Å². The Morgan fingerprint density at radius 1 is 1.10 bits per heavy atom. The summed E-state index contributed by atoms with van der Waals surface area (Å²) in [5, 5.41) is 17.2. The molecule has 3 rings (SSSR count). The predicted molar refractivity (Wildman–Crippen MR) is 116 cm³/mol. The number of nitrogens with one attached hydrogen (secondary N) is 4. The summed E-state index contributed by atoms with van der Waals surface area (Å²) in [6.07, 6.45) is 2.72. The lowest BCUT2D eigenvalue weighted by molar-refractivity contribution is -0.114. The minimum atomic E-state index is -0.473. The van der Waals surface area contributed by atoms with E-state index in [9.17, 15) is 9.59 Å². The van der Waals surface area contributed by atoms with Crippen LogP contribution < -0.4 is 16.0 Å². The number of likely N-dealkylation sites (N-methyl/N-ethyl adjacent to an activating group) is 1. The second kappa shape index (κ2) is 9.89. The molecular weight excluding hydrogens is 384 g/mol. The van der Waals surface area contributed by atoms with Crippen LogP contribution in [0.2, 0.25) is 0 Å². The summed E-state index contributed by atoms with van der Waals surface area (Å²) in [5.41, 5.74) is 2.63. The zero-order valence-electron chi connectivity index (χ0n) is 17.1. The van der Waals surface area contributed by atoms with E-state index in [0.717, 1.165) is 19.3 Å². The molecule has 158 valence electrons. The van der Waals surface area contributed by atoms with Crippen molar-refractivity contribution in [2.24, 2.45) is 0 Å². The lowest BCUT2D eigenvalue weighted by atomic mass is 10.0. The van der Waals surface area contributed by atoms with Crippen LogP contribution in [0, 0.1) is 5.41 Å². The third kappa shape index (κ3) is 4.96. The number of methoxy groups -OCH3 is 1. The normalized spacial score (nSPS) is 15.7. The smallest absolute Gasteiger partial charge is 0.339 e. The van der Waals surface area contributed by atoms with Crippen LogP contribution in [0.4, 0.5) is 17.1 Å². The van der Waals surface area contributed by atoms with Gasteiger partial charge in [-0.3, -0.25) is 10.2 Å². The van der Waals surface area contributed by atoms with E-state index in [1.54, 1.807) is 36.4 Å². The molecule has 0 aromatic heterocycles. The molecule has 0 spiro atoms. The van der Waals surface area contributed by atoms with Crippen molar-refractivity contribution in [2.45, 2.75) is 25.5 Å². The van der Waals surface area contributed by atoms with Crippen molar-refractivity contribution < 1.29 is 19.1 Å². The number of benzene rings is 2. The number of ether oxygens (including phenoxy) is 2. The predicted octanol–water partition coefficient (Wildman–Crippen LogP) is 3.27. The van der Waals surface area contributed by atoms with E-state index in [2.05, 4.69) is 16.0 Å². The lowest BCUT2D eigenvalue weighted by Gasteiger charge is -2.26. The molecule has 1 aliphatic heterocycles. The maximum absolute atomic E-state index is 12.0. The van der Waals surface area contributed by atoms with Gasteiger partial charge in [-0.25, -0.2) is 4.79 Å². The Hall–Kier alpha value is -3.39. The van der Waals surface area contributed by atoms with Gasteiger partial charge in [0, 0.05) is 30.6 Å². The molecule has 4 N–H and O–H groups in total. The van der Waals surface area contributed by atoms with Gasteiger partial charge < -0.3 is 25.4 Å². The molecule has 2 aromatic rings. The van der Waals surface area contributed by atoms with Crippen LogP contribution in [-0.4, -0.2) is 44.6 Å². The second-order valence-corrected chi connectivity index (χ2v) is 6.88. The highest BCUT2D eigenvalue weighted by Gasteiger charge is 2.20. The molecule has 30 heavy (non-hydrogen) atoms. The number of esters is 1. The van der Waals surface area contributed by atoms with Crippen LogP contribution in [0.1, 0.15) is 35.2 Å². The number of hydrogen-bond donors (Lipinski definition) is 4. The average Bonchev–Trinajstić information content (AvgIpc) is 2.79. The summed E-state index contributed by atoms with van der Waals surface area (Å²) in [6.45, 7) is 0.671. The van der Waals surface area contributed by atoms with Crippen molar-refractivity contribution >= 4 is 34.7 Å². The number of rotatable bonds is 7. The highest BCUT2D eigenvalue weighted by atomic mass is 16.5. The van der Waals surface area contributed by atoms with E-state index >= 15 is 0 Å². The summed E-state index contributed by atoms with van der Waals surface area (Å²) in [7, 11) is 2.83. The van der Waals surface area contributed by atoms with E-state index in [4.69, 9.17) is 14.9 Å². The van der Waals surface area contributed by atoms with Crippen molar-refractivity contribution in [1.82, 2.24) is 5.32 Å². The first-order valence-electron chi connectivity index (χ1n) is 9.81. The Morgan fingerprint density at radius 2 is 1.90 bits per heavy atom. The number of hydrogen-bond acceptors (Lipinski definition) is 7. The molecule has 1 fully saturated rings. The minimum absolute atomic E-state index is 0.141. The second-order valence-electron chi connectivity index (χ2n) is 6.88. The molecule has 1 unspecified atom stereocenters. The third-order valence-corrected chi connectivity index (χ3v) is 4.85. The monoisotopic (exact) mass is 410 g/mol. The van der Waals surface area contributed by atoms with Crippen LogP contribution >= 0.6 is 0 Å². The molecule has 8 heteroatoms. The molecule has 0 aliphatic carbocycles. The van der Waals surface area contributed by atoms with Crippen LogP contribution in [-0.2, 0) is 14.3 Å². The summed E-state index contributed by atoms with van der Waals surface area (Å²) < 4.78 is 10.6. The van der Waals surface area contributed by atoms with Crippen LogP contribution in [0.3, 0.4) is 0 Å². The van der Waals surface area contributed by atoms with Gasteiger partial charge in [0.15, 0.2) is 0 Å². The molecule has 8 nitrogen and oxygen atoms in total. The SMILES string of the molecule is CNC(=O)C(=N)c1ccc(Nc2ccccc2C(=O)OC)cc1NC1CCCCO1. The van der Waals surface area contributed by atoms with Gasteiger partial charge >= 0.3 is 5.97 Å². The summed E-state index contributed by atoms with van der Waals surface area (Å²) in [6, 6.07) is 12.3. The highest BCUT2D eigenvalue weighted by Crippen LogP contribution is 2.28. The molecule has 0 saturated carbocycles. The highest BCUT2D eigenvalue weighted by molar-refractivity contribution is 6.45.